The number of aliphatic carboxylic acids is 1. The van der Waals surface area contributed by atoms with Crippen molar-refractivity contribution in [3.8, 4) is 0 Å². The summed E-state index contributed by atoms with van der Waals surface area (Å²) in [5, 5.41) is 11.5. The molecule has 1 saturated carbocycles. The highest BCUT2D eigenvalue weighted by molar-refractivity contribution is 5.75. The van der Waals surface area contributed by atoms with Crippen LogP contribution in [0, 0.1) is 11.8 Å². The lowest BCUT2D eigenvalue weighted by Gasteiger charge is -2.21. The molecule has 0 aliphatic heterocycles. The molecule has 20 heavy (non-hydrogen) atoms. The predicted octanol–water partition coefficient (Wildman–Crippen LogP) is 3.35. The zero-order chi connectivity index (χ0) is 14.8. The lowest BCUT2D eigenvalue weighted by Crippen LogP contribution is -2.28. The summed E-state index contributed by atoms with van der Waals surface area (Å²) in [6, 6.07) is 0. The number of rotatable bonds is 9. The van der Waals surface area contributed by atoms with Gasteiger partial charge in [0.1, 0.15) is 0 Å². The van der Waals surface area contributed by atoms with E-state index in [-0.39, 0.29) is 18.2 Å². The van der Waals surface area contributed by atoms with Crippen LogP contribution in [0.25, 0.3) is 0 Å². The Morgan fingerprint density at radius 2 is 1.90 bits per heavy atom. The van der Waals surface area contributed by atoms with E-state index in [9.17, 15) is 9.59 Å². The first-order chi connectivity index (χ1) is 9.58. The van der Waals surface area contributed by atoms with Crippen molar-refractivity contribution in [1.29, 1.82) is 0 Å². The van der Waals surface area contributed by atoms with Gasteiger partial charge in [-0.05, 0) is 31.1 Å². The first-order valence-electron chi connectivity index (χ1n) is 8.06. The predicted molar refractivity (Wildman–Crippen MR) is 79.5 cm³/mol. The standard InChI is InChI=1S/C16H29NO3/c1-13(10-11-16(19)20)12-17-15(18)9-5-8-14-6-3-2-4-7-14/h13-14H,2-12H2,1H3,(H,17,18)(H,19,20). The van der Waals surface area contributed by atoms with Gasteiger partial charge in [-0.2, -0.15) is 0 Å². The van der Waals surface area contributed by atoms with Gasteiger partial charge in [0, 0.05) is 19.4 Å². The van der Waals surface area contributed by atoms with Gasteiger partial charge in [-0.3, -0.25) is 9.59 Å². The molecule has 1 aliphatic carbocycles. The Labute approximate surface area is 122 Å². The molecule has 1 rings (SSSR count). The molecule has 0 saturated heterocycles. The van der Waals surface area contributed by atoms with Crippen LogP contribution in [0.4, 0.5) is 0 Å². The number of carbonyl (C=O) groups excluding carboxylic acids is 1. The number of carboxylic acids is 1. The number of nitrogens with one attached hydrogen (secondary N) is 1. The van der Waals surface area contributed by atoms with Crippen molar-refractivity contribution in [2.24, 2.45) is 11.8 Å². The maximum absolute atomic E-state index is 11.7. The molecular formula is C16H29NO3. The number of hydrogen-bond acceptors (Lipinski definition) is 2. The second-order valence-electron chi connectivity index (χ2n) is 6.24. The van der Waals surface area contributed by atoms with Crippen LogP contribution in [0.3, 0.4) is 0 Å². The highest BCUT2D eigenvalue weighted by Crippen LogP contribution is 2.27. The summed E-state index contributed by atoms with van der Waals surface area (Å²) in [5.74, 6) is 0.415. The van der Waals surface area contributed by atoms with Crippen molar-refractivity contribution in [1.82, 2.24) is 5.32 Å². The van der Waals surface area contributed by atoms with Gasteiger partial charge in [0.15, 0.2) is 0 Å². The summed E-state index contributed by atoms with van der Waals surface area (Å²) in [5.41, 5.74) is 0. The van der Waals surface area contributed by atoms with E-state index in [0.29, 0.717) is 19.4 Å². The zero-order valence-corrected chi connectivity index (χ0v) is 12.7. The van der Waals surface area contributed by atoms with Gasteiger partial charge in [0.2, 0.25) is 5.91 Å². The lowest BCUT2D eigenvalue weighted by atomic mass is 9.86. The van der Waals surface area contributed by atoms with Crippen LogP contribution in [-0.2, 0) is 9.59 Å². The van der Waals surface area contributed by atoms with E-state index in [4.69, 9.17) is 5.11 Å². The molecule has 0 heterocycles. The van der Waals surface area contributed by atoms with E-state index in [1.54, 1.807) is 0 Å². The van der Waals surface area contributed by atoms with Gasteiger partial charge in [0.05, 0.1) is 0 Å². The molecule has 116 valence electrons. The third-order valence-electron chi connectivity index (χ3n) is 4.24. The van der Waals surface area contributed by atoms with Crippen LogP contribution in [0.5, 0.6) is 0 Å². The Morgan fingerprint density at radius 1 is 1.20 bits per heavy atom. The van der Waals surface area contributed by atoms with Crippen LogP contribution in [-0.4, -0.2) is 23.5 Å². The molecule has 2 N–H and O–H groups in total. The first-order valence-corrected chi connectivity index (χ1v) is 8.06. The molecular weight excluding hydrogens is 254 g/mol. The fourth-order valence-electron chi connectivity index (χ4n) is 2.88. The van der Waals surface area contributed by atoms with Crippen molar-refractivity contribution in [2.75, 3.05) is 6.54 Å². The first kappa shape index (κ1) is 17.0. The summed E-state index contributed by atoms with van der Waals surface area (Å²) in [4.78, 5) is 22.1. The minimum Gasteiger partial charge on any atom is -0.481 e. The highest BCUT2D eigenvalue weighted by atomic mass is 16.4. The van der Waals surface area contributed by atoms with Gasteiger partial charge in [-0.1, -0.05) is 39.0 Å². The average Bonchev–Trinajstić information content (AvgIpc) is 2.44. The summed E-state index contributed by atoms with van der Waals surface area (Å²) in [7, 11) is 0. The normalized spacial score (nSPS) is 17.6. The Hall–Kier alpha value is -1.06. The molecule has 4 nitrogen and oxygen atoms in total. The van der Waals surface area contributed by atoms with E-state index in [1.807, 2.05) is 6.92 Å². The maximum atomic E-state index is 11.7. The molecule has 1 amide bonds. The van der Waals surface area contributed by atoms with E-state index in [1.165, 1.54) is 38.5 Å². The van der Waals surface area contributed by atoms with E-state index >= 15 is 0 Å². The van der Waals surface area contributed by atoms with E-state index in [0.717, 1.165) is 12.3 Å². The summed E-state index contributed by atoms with van der Waals surface area (Å²) in [6.45, 7) is 2.57. The van der Waals surface area contributed by atoms with Gasteiger partial charge in [0.25, 0.3) is 0 Å². The fraction of sp³-hybridized carbons (Fsp3) is 0.875. The van der Waals surface area contributed by atoms with Gasteiger partial charge < -0.3 is 10.4 Å². The minimum absolute atomic E-state index is 0.114. The Bertz CT molecular complexity index is 298. The Balaban J connectivity index is 2.00. The molecule has 0 bridgehead atoms. The molecule has 0 spiro atoms. The minimum atomic E-state index is -0.768. The van der Waals surface area contributed by atoms with Crippen molar-refractivity contribution in [2.45, 2.75) is 71.1 Å². The van der Waals surface area contributed by atoms with Crippen molar-refractivity contribution in [3.63, 3.8) is 0 Å². The Kier molecular flexibility index (Phi) is 8.31. The topological polar surface area (TPSA) is 66.4 Å². The maximum Gasteiger partial charge on any atom is 0.303 e. The van der Waals surface area contributed by atoms with Crippen molar-refractivity contribution < 1.29 is 14.7 Å². The van der Waals surface area contributed by atoms with E-state index in [2.05, 4.69) is 5.32 Å². The highest BCUT2D eigenvalue weighted by Gasteiger charge is 2.14. The molecule has 0 aromatic rings. The molecule has 0 radical (unpaired) electrons. The second-order valence-corrected chi connectivity index (χ2v) is 6.24. The summed E-state index contributed by atoms with van der Waals surface area (Å²) >= 11 is 0. The molecule has 1 aliphatic rings. The van der Waals surface area contributed by atoms with Gasteiger partial charge in [-0.15, -0.1) is 0 Å². The monoisotopic (exact) mass is 283 g/mol. The third-order valence-corrected chi connectivity index (χ3v) is 4.24. The number of amides is 1. The number of carbonyl (C=O) groups is 2. The SMILES string of the molecule is CC(CCC(=O)O)CNC(=O)CCCC1CCCCC1. The average molecular weight is 283 g/mol. The largest absolute Gasteiger partial charge is 0.481 e. The fourth-order valence-corrected chi connectivity index (χ4v) is 2.88. The van der Waals surface area contributed by atoms with Gasteiger partial charge >= 0.3 is 5.97 Å². The van der Waals surface area contributed by atoms with Crippen LogP contribution in [0.1, 0.15) is 71.1 Å². The van der Waals surface area contributed by atoms with Crippen LogP contribution >= 0.6 is 0 Å². The molecule has 0 aromatic heterocycles. The Morgan fingerprint density at radius 3 is 2.55 bits per heavy atom. The smallest absolute Gasteiger partial charge is 0.303 e. The van der Waals surface area contributed by atoms with Crippen molar-refractivity contribution in [3.05, 3.63) is 0 Å². The van der Waals surface area contributed by atoms with Gasteiger partial charge in [-0.25, -0.2) is 0 Å². The zero-order valence-electron chi connectivity index (χ0n) is 12.7. The number of hydrogen-bond donors (Lipinski definition) is 2. The van der Waals surface area contributed by atoms with E-state index < -0.39 is 5.97 Å². The summed E-state index contributed by atoms with van der Waals surface area (Å²) < 4.78 is 0. The molecule has 1 fully saturated rings. The molecule has 0 aromatic carbocycles. The van der Waals surface area contributed by atoms with Crippen LogP contribution in [0.2, 0.25) is 0 Å². The quantitative estimate of drug-likeness (QED) is 0.682. The van der Waals surface area contributed by atoms with Crippen molar-refractivity contribution >= 4 is 11.9 Å². The molecule has 1 atom stereocenters. The van der Waals surface area contributed by atoms with Crippen LogP contribution < -0.4 is 5.32 Å². The third kappa shape index (κ3) is 8.18. The molecule has 4 heteroatoms. The second kappa shape index (κ2) is 9.78. The number of carboxylic acid groups (broad SMARTS) is 1. The lowest BCUT2D eigenvalue weighted by molar-refractivity contribution is -0.137. The van der Waals surface area contributed by atoms with Crippen LogP contribution in [0.15, 0.2) is 0 Å². The summed E-state index contributed by atoms with van der Waals surface area (Å²) in [6.07, 6.45) is 10.4. The molecule has 1 unspecified atom stereocenters.